The molecule has 0 unspecified atom stereocenters. The molecule has 1 heterocycles. The molecule has 0 saturated carbocycles. The number of benzene rings is 1. The van der Waals surface area contributed by atoms with Crippen LogP contribution in [0.4, 0.5) is 0 Å². The molecule has 0 spiro atoms. The van der Waals surface area contributed by atoms with Crippen LogP contribution < -0.4 is 5.32 Å². The smallest absolute Gasteiger partial charge is 0.236 e. The minimum atomic E-state index is 0.207. The molecule has 1 fully saturated rings. The first-order valence-electron chi connectivity index (χ1n) is 6.46. The van der Waals surface area contributed by atoms with Crippen LogP contribution in [0.2, 0.25) is 0 Å². The Balaban J connectivity index is 1.69. The Kier molecular flexibility index (Phi) is 4.73. The fourth-order valence-corrected chi connectivity index (χ4v) is 2.08. The fourth-order valence-electron chi connectivity index (χ4n) is 2.08. The van der Waals surface area contributed by atoms with E-state index in [0.29, 0.717) is 6.54 Å². The van der Waals surface area contributed by atoms with Gasteiger partial charge in [0.1, 0.15) is 0 Å². The van der Waals surface area contributed by atoms with Crippen LogP contribution in [0.5, 0.6) is 0 Å². The van der Waals surface area contributed by atoms with Crippen molar-refractivity contribution in [3.63, 3.8) is 0 Å². The third kappa shape index (κ3) is 3.82. The molecule has 4 nitrogen and oxygen atoms in total. The van der Waals surface area contributed by atoms with Gasteiger partial charge in [-0.25, -0.2) is 0 Å². The van der Waals surface area contributed by atoms with E-state index in [-0.39, 0.29) is 5.91 Å². The van der Waals surface area contributed by atoms with E-state index in [0.717, 1.165) is 32.7 Å². The summed E-state index contributed by atoms with van der Waals surface area (Å²) < 4.78 is 0. The Morgan fingerprint density at radius 3 is 2.50 bits per heavy atom. The van der Waals surface area contributed by atoms with E-state index in [4.69, 9.17) is 0 Å². The van der Waals surface area contributed by atoms with Crippen LogP contribution >= 0.6 is 0 Å². The molecule has 0 aromatic heterocycles. The first kappa shape index (κ1) is 13.1. The summed E-state index contributed by atoms with van der Waals surface area (Å²) in [4.78, 5) is 16.1. The van der Waals surface area contributed by atoms with Crippen molar-refractivity contribution in [3.8, 4) is 0 Å². The molecule has 1 amide bonds. The highest BCUT2D eigenvalue weighted by Gasteiger charge is 2.18. The van der Waals surface area contributed by atoms with Gasteiger partial charge in [-0.15, -0.1) is 0 Å². The highest BCUT2D eigenvalue weighted by molar-refractivity contribution is 5.78. The second-order valence-electron chi connectivity index (χ2n) is 4.77. The van der Waals surface area contributed by atoms with Crippen LogP contribution in [-0.4, -0.2) is 55.5 Å². The predicted octanol–water partition coefficient (Wildman–Crippen LogP) is 0.550. The third-order valence-corrected chi connectivity index (χ3v) is 3.30. The van der Waals surface area contributed by atoms with Gasteiger partial charge in [-0.05, 0) is 12.6 Å². The minimum absolute atomic E-state index is 0.207. The standard InChI is InChI=1S/C14H21N3O/c1-16-7-9-17(10-8-16)14(18)12-15-11-13-5-3-2-4-6-13/h2-6,15H,7-12H2,1H3. The van der Waals surface area contributed by atoms with Gasteiger partial charge >= 0.3 is 0 Å². The molecule has 1 N–H and O–H groups in total. The zero-order valence-electron chi connectivity index (χ0n) is 10.9. The van der Waals surface area contributed by atoms with Crippen LogP contribution in [0.1, 0.15) is 5.56 Å². The van der Waals surface area contributed by atoms with E-state index in [2.05, 4.69) is 29.4 Å². The van der Waals surface area contributed by atoms with Gasteiger partial charge in [-0.1, -0.05) is 30.3 Å². The molecular formula is C14H21N3O. The van der Waals surface area contributed by atoms with E-state index in [1.54, 1.807) is 0 Å². The van der Waals surface area contributed by atoms with Crippen LogP contribution in [0, 0.1) is 0 Å². The second kappa shape index (κ2) is 6.52. The lowest BCUT2D eigenvalue weighted by Gasteiger charge is -2.32. The first-order valence-corrected chi connectivity index (χ1v) is 6.46. The van der Waals surface area contributed by atoms with E-state index in [1.165, 1.54) is 5.56 Å². The maximum Gasteiger partial charge on any atom is 0.236 e. The van der Waals surface area contributed by atoms with Crippen molar-refractivity contribution >= 4 is 5.91 Å². The van der Waals surface area contributed by atoms with Crippen LogP contribution in [0.15, 0.2) is 30.3 Å². The predicted molar refractivity (Wildman–Crippen MR) is 72.2 cm³/mol. The number of hydrogen-bond donors (Lipinski definition) is 1. The Morgan fingerprint density at radius 2 is 1.83 bits per heavy atom. The Labute approximate surface area is 109 Å². The summed E-state index contributed by atoms with van der Waals surface area (Å²) in [5.41, 5.74) is 1.21. The van der Waals surface area contributed by atoms with Crippen molar-refractivity contribution in [2.24, 2.45) is 0 Å². The number of carbonyl (C=O) groups excluding carboxylic acids is 1. The molecule has 0 atom stereocenters. The van der Waals surface area contributed by atoms with Gasteiger partial charge < -0.3 is 15.1 Å². The van der Waals surface area contributed by atoms with Crippen molar-refractivity contribution in [2.75, 3.05) is 39.8 Å². The average molecular weight is 247 g/mol. The third-order valence-electron chi connectivity index (χ3n) is 3.30. The molecular weight excluding hydrogens is 226 g/mol. The molecule has 1 aromatic carbocycles. The van der Waals surface area contributed by atoms with Gasteiger partial charge in [-0.3, -0.25) is 4.79 Å². The number of carbonyl (C=O) groups is 1. The summed E-state index contributed by atoms with van der Waals surface area (Å²) in [6, 6.07) is 10.2. The first-order chi connectivity index (χ1) is 8.75. The molecule has 0 radical (unpaired) electrons. The molecule has 1 aliphatic heterocycles. The molecule has 0 bridgehead atoms. The number of nitrogens with one attached hydrogen (secondary N) is 1. The van der Waals surface area contributed by atoms with Crippen LogP contribution in [0.3, 0.4) is 0 Å². The van der Waals surface area contributed by atoms with Crippen molar-refractivity contribution < 1.29 is 4.79 Å². The summed E-state index contributed by atoms with van der Waals surface area (Å²) in [5, 5.41) is 3.21. The fraction of sp³-hybridized carbons (Fsp3) is 0.500. The lowest BCUT2D eigenvalue weighted by atomic mass is 10.2. The Morgan fingerprint density at radius 1 is 1.17 bits per heavy atom. The maximum atomic E-state index is 11.9. The zero-order chi connectivity index (χ0) is 12.8. The quantitative estimate of drug-likeness (QED) is 0.844. The van der Waals surface area contributed by atoms with Crippen molar-refractivity contribution in [3.05, 3.63) is 35.9 Å². The summed E-state index contributed by atoms with van der Waals surface area (Å²) in [6.07, 6.45) is 0. The largest absolute Gasteiger partial charge is 0.339 e. The van der Waals surface area contributed by atoms with E-state index < -0.39 is 0 Å². The summed E-state index contributed by atoms with van der Waals surface area (Å²) in [5.74, 6) is 0.207. The van der Waals surface area contributed by atoms with Gasteiger partial charge in [0.25, 0.3) is 0 Å². The number of piperazine rings is 1. The molecule has 2 rings (SSSR count). The molecule has 1 saturated heterocycles. The summed E-state index contributed by atoms with van der Waals surface area (Å²) in [6.45, 7) is 4.83. The number of rotatable bonds is 4. The SMILES string of the molecule is CN1CCN(C(=O)CNCc2ccccc2)CC1. The van der Waals surface area contributed by atoms with Gasteiger partial charge in [0.05, 0.1) is 6.54 Å². The molecule has 98 valence electrons. The highest BCUT2D eigenvalue weighted by Crippen LogP contribution is 2.00. The number of hydrogen-bond acceptors (Lipinski definition) is 3. The van der Waals surface area contributed by atoms with Gasteiger partial charge in [0, 0.05) is 32.7 Å². The van der Waals surface area contributed by atoms with Crippen molar-refractivity contribution in [1.29, 1.82) is 0 Å². The Hall–Kier alpha value is -1.39. The highest BCUT2D eigenvalue weighted by atomic mass is 16.2. The van der Waals surface area contributed by atoms with Crippen LogP contribution in [-0.2, 0) is 11.3 Å². The molecule has 1 aliphatic rings. The maximum absolute atomic E-state index is 11.9. The molecule has 1 aromatic rings. The number of likely N-dealkylation sites (N-methyl/N-ethyl adjacent to an activating group) is 1. The second-order valence-corrected chi connectivity index (χ2v) is 4.77. The molecule has 0 aliphatic carbocycles. The minimum Gasteiger partial charge on any atom is -0.339 e. The van der Waals surface area contributed by atoms with E-state index in [9.17, 15) is 4.79 Å². The number of nitrogens with zero attached hydrogens (tertiary/aromatic N) is 2. The van der Waals surface area contributed by atoms with Crippen LogP contribution in [0.25, 0.3) is 0 Å². The lowest BCUT2D eigenvalue weighted by Crippen LogP contribution is -2.49. The van der Waals surface area contributed by atoms with Crippen molar-refractivity contribution in [1.82, 2.24) is 15.1 Å². The topological polar surface area (TPSA) is 35.6 Å². The van der Waals surface area contributed by atoms with Gasteiger partial charge in [0.15, 0.2) is 0 Å². The number of amides is 1. The van der Waals surface area contributed by atoms with Gasteiger partial charge in [0.2, 0.25) is 5.91 Å². The van der Waals surface area contributed by atoms with Crippen molar-refractivity contribution in [2.45, 2.75) is 6.54 Å². The molecule has 18 heavy (non-hydrogen) atoms. The van der Waals surface area contributed by atoms with E-state index in [1.807, 2.05) is 23.1 Å². The lowest BCUT2D eigenvalue weighted by molar-refractivity contribution is -0.131. The summed E-state index contributed by atoms with van der Waals surface area (Å²) >= 11 is 0. The van der Waals surface area contributed by atoms with E-state index >= 15 is 0 Å². The monoisotopic (exact) mass is 247 g/mol. The summed E-state index contributed by atoms with van der Waals surface area (Å²) in [7, 11) is 2.09. The average Bonchev–Trinajstić information content (AvgIpc) is 2.40. The normalized spacial score (nSPS) is 16.8. The Bertz CT molecular complexity index is 372. The zero-order valence-corrected chi connectivity index (χ0v) is 10.9. The van der Waals surface area contributed by atoms with Gasteiger partial charge in [-0.2, -0.15) is 0 Å². The molecule has 4 heteroatoms.